The summed E-state index contributed by atoms with van der Waals surface area (Å²) in [6.07, 6.45) is 6.77. The molecule has 0 saturated carbocycles. The van der Waals surface area contributed by atoms with Crippen molar-refractivity contribution < 1.29 is 14.3 Å². The van der Waals surface area contributed by atoms with Crippen LogP contribution in [0.2, 0.25) is 10.0 Å². The first-order chi connectivity index (χ1) is 23.9. The molecule has 2 saturated heterocycles. The number of ether oxygens (including phenoxy) is 1. The minimum absolute atomic E-state index is 0.102. The molecule has 5 aromatic rings. The summed E-state index contributed by atoms with van der Waals surface area (Å²) < 4.78 is 7.72. The van der Waals surface area contributed by atoms with Crippen molar-refractivity contribution in [3.8, 4) is 39.4 Å². The maximum Gasteiger partial charge on any atom is 0.220 e. The number of fused-ring (bicyclic) bond motifs is 1. The largest absolute Gasteiger partial charge is 0.481 e. The molecule has 12 heteroatoms. The number of halogens is 2. The second-order valence-electron chi connectivity index (χ2n) is 12.5. The lowest BCUT2D eigenvalue weighted by Crippen LogP contribution is -2.35. The number of benzene rings is 2. The van der Waals surface area contributed by atoms with Crippen molar-refractivity contribution >= 4 is 40.7 Å². The Hall–Kier alpha value is -4.48. The van der Waals surface area contributed by atoms with Crippen LogP contribution in [0, 0.1) is 0 Å². The first-order valence-electron chi connectivity index (χ1n) is 16.5. The van der Waals surface area contributed by atoms with Crippen molar-refractivity contribution in [2.45, 2.75) is 50.9 Å². The second-order valence-corrected chi connectivity index (χ2v) is 13.2. The van der Waals surface area contributed by atoms with Crippen LogP contribution in [0.15, 0.2) is 73.1 Å². The average molecular weight is 699 g/mol. The van der Waals surface area contributed by atoms with Gasteiger partial charge in [0.2, 0.25) is 17.7 Å². The molecule has 0 radical (unpaired) electrons. The van der Waals surface area contributed by atoms with Gasteiger partial charge in [-0.15, -0.1) is 0 Å². The maximum atomic E-state index is 11.5. The third kappa shape index (κ3) is 7.14. The van der Waals surface area contributed by atoms with Gasteiger partial charge >= 0.3 is 0 Å². The van der Waals surface area contributed by atoms with Crippen LogP contribution >= 0.6 is 23.2 Å². The predicted octanol–water partition coefficient (Wildman–Crippen LogP) is 5.78. The fourth-order valence-electron chi connectivity index (χ4n) is 6.57. The lowest BCUT2D eigenvalue weighted by atomic mass is 9.97. The number of hydrogen-bond donors (Lipinski definition) is 4. The highest BCUT2D eigenvalue weighted by atomic mass is 35.5. The zero-order valence-corrected chi connectivity index (χ0v) is 28.6. The van der Waals surface area contributed by atoms with Gasteiger partial charge < -0.3 is 30.4 Å². The van der Waals surface area contributed by atoms with Crippen LogP contribution in [0.4, 0.5) is 0 Å². The van der Waals surface area contributed by atoms with Crippen LogP contribution < -0.4 is 26.0 Å². The fourth-order valence-corrected chi connectivity index (χ4v) is 7.23. The van der Waals surface area contributed by atoms with E-state index >= 15 is 0 Å². The van der Waals surface area contributed by atoms with Crippen LogP contribution in [-0.4, -0.2) is 58.5 Å². The Kier molecular flexibility index (Phi) is 9.81. The molecular formula is C37H37Cl2N7O3. The third-order valence-electron chi connectivity index (χ3n) is 9.16. The van der Waals surface area contributed by atoms with E-state index < -0.39 is 0 Å². The number of rotatable bonds is 12. The van der Waals surface area contributed by atoms with Crippen molar-refractivity contribution in [3.63, 3.8) is 0 Å². The van der Waals surface area contributed by atoms with Crippen LogP contribution in [0.25, 0.3) is 39.2 Å². The lowest BCUT2D eigenvalue weighted by Gasteiger charge is -2.16. The van der Waals surface area contributed by atoms with Gasteiger partial charge in [0.05, 0.1) is 34.7 Å². The summed E-state index contributed by atoms with van der Waals surface area (Å²) in [6.45, 7) is 2.56. The molecule has 0 bridgehead atoms. The van der Waals surface area contributed by atoms with E-state index in [0.717, 1.165) is 57.6 Å². The Morgan fingerprint density at radius 1 is 0.816 bits per heavy atom. The SMILES string of the molecule is COc1nc(-c2cccc(-c3cccc(-c4ccc5ncc(CNC[C@@H]6CCC(=O)N6)n5c4)c3Cl)c2Cl)ccc1CNC[C@@H]1CCC(=O)N1. The van der Waals surface area contributed by atoms with Crippen LogP contribution in [0.3, 0.4) is 0 Å². The summed E-state index contributed by atoms with van der Waals surface area (Å²) >= 11 is 14.3. The summed E-state index contributed by atoms with van der Waals surface area (Å²) in [5, 5.41) is 14.0. The Bertz CT molecular complexity index is 2030. The number of carbonyl (C=O) groups is 2. The maximum absolute atomic E-state index is 11.5. The van der Waals surface area contributed by atoms with Crippen molar-refractivity contribution in [2.75, 3.05) is 20.2 Å². The number of aromatic nitrogens is 3. The second kappa shape index (κ2) is 14.6. The minimum Gasteiger partial charge on any atom is -0.481 e. The molecule has 0 unspecified atom stereocenters. The molecule has 4 N–H and O–H groups in total. The van der Waals surface area contributed by atoms with E-state index in [0.29, 0.717) is 60.6 Å². The molecule has 0 aliphatic carbocycles. The Balaban J connectivity index is 1.11. The van der Waals surface area contributed by atoms with Gasteiger partial charge in [0.25, 0.3) is 0 Å². The predicted molar refractivity (Wildman–Crippen MR) is 192 cm³/mol. The number of amides is 2. The number of carbonyl (C=O) groups excluding carboxylic acids is 2. The van der Waals surface area contributed by atoms with Crippen molar-refractivity contribution in [1.82, 2.24) is 35.6 Å². The molecule has 2 aromatic carbocycles. The summed E-state index contributed by atoms with van der Waals surface area (Å²) in [5.41, 5.74) is 7.63. The van der Waals surface area contributed by atoms with E-state index in [4.69, 9.17) is 32.9 Å². The van der Waals surface area contributed by atoms with Gasteiger partial charge in [-0.1, -0.05) is 65.7 Å². The number of imidazole rings is 1. The first-order valence-corrected chi connectivity index (χ1v) is 17.2. The molecule has 2 aliphatic rings. The summed E-state index contributed by atoms with van der Waals surface area (Å²) in [7, 11) is 1.61. The van der Waals surface area contributed by atoms with Gasteiger partial charge in [0.15, 0.2) is 0 Å². The highest BCUT2D eigenvalue weighted by Gasteiger charge is 2.22. The molecule has 10 nitrogen and oxygen atoms in total. The average Bonchev–Trinajstić information content (AvgIpc) is 3.84. The Morgan fingerprint density at radius 2 is 1.45 bits per heavy atom. The topological polar surface area (TPSA) is 122 Å². The number of pyridine rings is 2. The highest BCUT2D eigenvalue weighted by Crippen LogP contribution is 2.42. The Labute approximate surface area is 294 Å². The summed E-state index contributed by atoms with van der Waals surface area (Å²) in [5.74, 6) is 0.726. The van der Waals surface area contributed by atoms with Crippen molar-refractivity contribution in [2.24, 2.45) is 0 Å². The van der Waals surface area contributed by atoms with E-state index in [1.165, 1.54) is 0 Å². The van der Waals surface area contributed by atoms with E-state index in [1.807, 2.05) is 66.9 Å². The van der Waals surface area contributed by atoms with E-state index in [9.17, 15) is 9.59 Å². The molecule has 49 heavy (non-hydrogen) atoms. The van der Waals surface area contributed by atoms with Gasteiger partial charge in [-0.25, -0.2) is 9.97 Å². The monoisotopic (exact) mass is 697 g/mol. The summed E-state index contributed by atoms with van der Waals surface area (Å²) in [4.78, 5) is 32.4. The zero-order valence-electron chi connectivity index (χ0n) is 27.1. The fraction of sp³-hybridized carbons (Fsp3) is 0.297. The standard InChI is InChI=1S/C37H37Cl2N7O3/c1-49-37-22(16-40-17-24-10-14-33(47)43-24)8-12-31(45-37)30-7-3-6-29(36(30)39)28-5-2-4-27(35(28)38)23-9-13-32-42-20-26(46(32)21-23)19-41-18-25-11-15-34(48)44-25/h2-9,12-13,20-21,24-25,40-41H,10-11,14-19H2,1H3,(H,43,47)(H,44,48)/t24-,25-/m0/s1. The van der Waals surface area contributed by atoms with Crippen molar-refractivity contribution in [3.05, 3.63) is 94.4 Å². The van der Waals surface area contributed by atoms with E-state index in [2.05, 4.69) is 36.8 Å². The molecule has 252 valence electrons. The molecule has 2 amide bonds. The molecule has 2 fully saturated rings. The van der Waals surface area contributed by atoms with Crippen LogP contribution in [0.1, 0.15) is 36.9 Å². The van der Waals surface area contributed by atoms with Gasteiger partial charge in [-0.3, -0.25) is 9.59 Å². The molecule has 2 atom stereocenters. The van der Waals surface area contributed by atoms with Gasteiger partial charge in [0, 0.05) is 85.1 Å². The number of methoxy groups -OCH3 is 1. The molecule has 5 heterocycles. The molecule has 2 aliphatic heterocycles. The molecule has 0 spiro atoms. The Morgan fingerprint density at radius 3 is 2.10 bits per heavy atom. The molecule has 3 aromatic heterocycles. The molecular weight excluding hydrogens is 661 g/mol. The zero-order chi connectivity index (χ0) is 33.9. The van der Waals surface area contributed by atoms with Gasteiger partial charge in [-0.2, -0.15) is 0 Å². The normalized spacial score (nSPS) is 17.4. The smallest absolute Gasteiger partial charge is 0.220 e. The highest BCUT2D eigenvalue weighted by molar-refractivity contribution is 6.39. The molecule has 7 rings (SSSR count). The minimum atomic E-state index is 0.102. The number of hydrogen-bond acceptors (Lipinski definition) is 7. The van der Waals surface area contributed by atoms with E-state index in [-0.39, 0.29) is 23.9 Å². The van der Waals surface area contributed by atoms with Crippen LogP contribution in [0.5, 0.6) is 5.88 Å². The van der Waals surface area contributed by atoms with Crippen molar-refractivity contribution in [1.29, 1.82) is 0 Å². The van der Waals surface area contributed by atoms with Gasteiger partial charge in [0.1, 0.15) is 5.65 Å². The quantitative estimate of drug-likeness (QED) is 0.130. The first kappa shape index (κ1) is 33.0. The number of nitrogens with zero attached hydrogens (tertiary/aromatic N) is 3. The summed E-state index contributed by atoms with van der Waals surface area (Å²) in [6, 6.07) is 20.0. The third-order valence-corrected chi connectivity index (χ3v) is 9.98. The van der Waals surface area contributed by atoms with Gasteiger partial charge in [-0.05, 0) is 36.6 Å². The number of nitrogens with one attached hydrogen (secondary N) is 4. The van der Waals surface area contributed by atoms with Crippen LogP contribution in [-0.2, 0) is 22.7 Å². The van der Waals surface area contributed by atoms with E-state index in [1.54, 1.807) is 7.11 Å². The lowest BCUT2D eigenvalue weighted by molar-refractivity contribution is -0.120.